The zero-order chi connectivity index (χ0) is 21.5. The van der Waals surface area contributed by atoms with Gasteiger partial charge in [0.05, 0.1) is 27.8 Å². The van der Waals surface area contributed by atoms with E-state index in [0.717, 1.165) is 24.2 Å². The molecule has 162 valence electrons. The molecule has 0 saturated carbocycles. The van der Waals surface area contributed by atoms with Crippen molar-refractivity contribution in [1.82, 2.24) is 4.90 Å². The van der Waals surface area contributed by atoms with Gasteiger partial charge in [-0.2, -0.15) is 0 Å². The summed E-state index contributed by atoms with van der Waals surface area (Å²) in [5, 5.41) is 0. The highest BCUT2D eigenvalue weighted by atomic mass is 16.5. The predicted octanol–water partition coefficient (Wildman–Crippen LogP) is 3.90. The minimum absolute atomic E-state index is 0.0318. The summed E-state index contributed by atoms with van der Waals surface area (Å²) in [7, 11) is 6.54. The summed E-state index contributed by atoms with van der Waals surface area (Å²) in [6, 6.07) is 12.2. The highest BCUT2D eigenvalue weighted by Crippen LogP contribution is 2.38. The number of methoxy groups -OCH3 is 3. The van der Waals surface area contributed by atoms with Crippen LogP contribution >= 0.6 is 0 Å². The molecule has 0 radical (unpaired) electrons. The van der Waals surface area contributed by atoms with Gasteiger partial charge in [0.15, 0.2) is 11.5 Å². The van der Waals surface area contributed by atoms with Crippen LogP contribution in [0.25, 0.3) is 0 Å². The molecule has 1 saturated heterocycles. The lowest BCUT2D eigenvalue weighted by atomic mass is 10.1. The van der Waals surface area contributed by atoms with Crippen LogP contribution in [0.2, 0.25) is 0 Å². The lowest BCUT2D eigenvalue weighted by Gasteiger charge is -2.29. The lowest BCUT2D eigenvalue weighted by molar-refractivity contribution is -0.129. The Balaban J connectivity index is 1.63. The first-order chi connectivity index (χ1) is 14.5. The zero-order valence-electron chi connectivity index (χ0n) is 18.4. The summed E-state index contributed by atoms with van der Waals surface area (Å²) in [5.41, 5.74) is 3.21. The number of nitrogens with zero attached hydrogens (tertiary/aromatic N) is 2. The molecule has 1 aliphatic heterocycles. The lowest BCUT2D eigenvalue weighted by Crippen LogP contribution is -2.29. The number of likely N-dealkylation sites (N-methyl/N-ethyl adjacent to an activating group) is 1. The molecule has 0 bridgehead atoms. The van der Waals surface area contributed by atoms with Crippen molar-refractivity contribution >= 4 is 11.6 Å². The standard InChI is InChI=1S/C24H32N2O4/c1-25(17-18-8-10-20(11-9-18)26-12-6-5-7-13-26)23(27)16-19-14-21(28-2)24(30-4)22(15-19)29-3/h8-11,14-15H,5-7,12-13,16-17H2,1-4H3. The maximum atomic E-state index is 12.8. The smallest absolute Gasteiger partial charge is 0.227 e. The summed E-state index contributed by atoms with van der Waals surface area (Å²) in [4.78, 5) is 17.0. The van der Waals surface area contributed by atoms with E-state index in [-0.39, 0.29) is 12.3 Å². The van der Waals surface area contributed by atoms with Gasteiger partial charge in [0.2, 0.25) is 11.7 Å². The first-order valence-corrected chi connectivity index (χ1v) is 10.4. The van der Waals surface area contributed by atoms with Crippen molar-refractivity contribution in [3.8, 4) is 17.2 Å². The maximum Gasteiger partial charge on any atom is 0.227 e. The topological polar surface area (TPSA) is 51.2 Å². The average molecular weight is 413 g/mol. The van der Waals surface area contributed by atoms with E-state index in [1.54, 1.807) is 26.2 Å². The van der Waals surface area contributed by atoms with Crippen molar-refractivity contribution in [1.29, 1.82) is 0 Å². The number of hydrogen-bond acceptors (Lipinski definition) is 5. The van der Waals surface area contributed by atoms with E-state index < -0.39 is 0 Å². The van der Waals surface area contributed by atoms with Crippen molar-refractivity contribution in [2.75, 3.05) is 46.4 Å². The third kappa shape index (κ3) is 5.17. The monoisotopic (exact) mass is 412 g/mol. The molecule has 2 aromatic rings. The molecule has 1 aliphatic rings. The number of rotatable bonds is 8. The van der Waals surface area contributed by atoms with E-state index >= 15 is 0 Å². The van der Waals surface area contributed by atoms with Crippen LogP contribution < -0.4 is 19.1 Å². The molecule has 1 heterocycles. The molecular formula is C24H32N2O4. The van der Waals surface area contributed by atoms with Crippen molar-refractivity contribution < 1.29 is 19.0 Å². The number of piperidine rings is 1. The number of benzene rings is 2. The molecule has 1 fully saturated rings. The first-order valence-electron chi connectivity index (χ1n) is 10.4. The summed E-state index contributed by atoms with van der Waals surface area (Å²) < 4.78 is 16.1. The second-order valence-corrected chi connectivity index (χ2v) is 7.67. The largest absolute Gasteiger partial charge is 0.493 e. The quantitative estimate of drug-likeness (QED) is 0.658. The van der Waals surface area contributed by atoms with E-state index in [1.807, 2.05) is 19.2 Å². The molecule has 1 amide bonds. The normalized spacial score (nSPS) is 13.7. The van der Waals surface area contributed by atoms with E-state index in [9.17, 15) is 4.79 Å². The fraction of sp³-hybridized carbons (Fsp3) is 0.458. The van der Waals surface area contributed by atoms with Gasteiger partial charge in [-0.25, -0.2) is 0 Å². The molecule has 0 aliphatic carbocycles. The number of anilines is 1. The van der Waals surface area contributed by atoms with Crippen LogP contribution in [0.1, 0.15) is 30.4 Å². The van der Waals surface area contributed by atoms with Gasteiger partial charge in [-0.3, -0.25) is 4.79 Å². The highest BCUT2D eigenvalue weighted by Gasteiger charge is 2.17. The Morgan fingerprint density at radius 1 is 0.900 bits per heavy atom. The Bertz CT molecular complexity index is 820. The van der Waals surface area contributed by atoms with Gasteiger partial charge in [0.1, 0.15) is 0 Å². The Morgan fingerprint density at radius 2 is 1.50 bits per heavy atom. The number of carbonyl (C=O) groups excluding carboxylic acids is 1. The van der Waals surface area contributed by atoms with E-state index in [4.69, 9.17) is 14.2 Å². The van der Waals surface area contributed by atoms with Crippen molar-refractivity contribution in [2.24, 2.45) is 0 Å². The van der Waals surface area contributed by atoms with E-state index in [1.165, 1.54) is 24.9 Å². The van der Waals surface area contributed by atoms with Gasteiger partial charge in [-0.15, -0.1) is 0 Å². The molecule has 2 aromatic carbocycles. The molecule has 6 nitrogen and oxygen atoms in total. The van der Waals surface area contributed by atoms with Crippen molar-refractivity contribution in [3.63, 3.8) is 0 Å². The van der Waals surface area contributed by atoms with Gasteiger partial charge in [0.25, 0.3) is 0 Å². The van der Waals surface area contributed by atoms with Crippen molar-refractivity contribution in [2.45, 2.75) is 32.2 Å². The first kappa shape index (κ1) is 21.8. The Kier molecular flexibility index (Phi) is 7.44. The molecule has 0 unspecified atom stereocenters. The van der Waals surface area contributed by atoms with Gasteiger partial charge in [-0.1, -0.05) is 12.1 Å². The van der Waals surface area contributed by atoms with E-state index in [2.05, 4.69) is 29.2 Å². The average Bonchev–Trinajstić information content (AvgIpc) is 2.79. The zero-order valence-corrected chi connectivity index (χ0v) is 18.4. The third-order valence-corrected chi connectivity index (χ3v) is 5.58. The van der Waals surface area contributed by atoms with Gasteiger partial charge >= 0.3 is 0 Å². The van der Waals surface area contributed by atoms with Gasteiger partial charge < -0.3 is 24.0 Å². The number of amides is 1. The maximum absolute atomic E-state index is 12.8. The summed E-state index contributed by atoms with van der Waals surface area (Å²) in [6.07, 6.45) is 4.12. The highest BCUT2D eigenvalue weighted by molar-refractivity contribution is 5.79. The molecule has 0 atom stereocenters. The third-order valence-electron chi connectivity index (χ3n) is 5.58. The number of carbonyl (C=O) groups is 1. The second-order valence-electron chi connectivity index (χ2n) is 7.67. The van der Waals surface area contributed by atoms with Crippen LogP contribution in [0, 0.1) is 0 Å². The molecule has 30 heavy (non-hydrogen) atoms. The SMILES string of the molecule is COc1cc(CC(=O)N(C)Cc2ccc(N3CCCCC3)cc2)cc(OC)c1OC. The van der Waals surface area contributed by atoms with Gasteiger partial charge in [0, 0.05) is 32.4 Å². The minimum Gasteiger partial charge on any atom is -0.493 e. The molecule has 0 aromatic heterocycles. The van der Waals surface area contributed by atoms with Crippen LogP contribution in [0.4, 0.5) is 5.69 Å². The van der Waals surface area contributed by atoms with Gasteiger partial charge in [-0.05, 0) is 54.7 Å². The fourth-order valence-corrected chi connectivity index (χ4v) is 3.87. The molecule has 0 N–H and O–H groups in total. The van der Waals surface area contributed by atoms with Crippen LogP contribution in [0.3, 0.4) is 0 Å². The summed E-state index contributed by atoms with van der Waals surface area (Å²) >= 11 is 0. The van der Waals surface area contributed by atoms with Crippen LogP contribution in [0.5, 0.6) is 17.2 Å². The molecule has 3 rings (SSSR count). The van der Waals surface area contributed by atoms with Crippen molar-refractivity contribution in [3.05, 3.63) is 47.5 Å². The van der Waals surface area contributed by atoms with Crippen LogP contribution in [0.15, 0.2) is 36.4 Å². The second kappa shape index (κ2) is 10.2. The minimum atomic E-state index is 0.0318. The fourth-order valence-electron chi connectivity index (χ4n) is 3.87. The number of hydrogen-bond donors (Lipinski definition) is 0. The Hall–Kier alpha value is -2.89. The van der Waals surface area contributed by atoms with Crippen LogP contribution in [-0.2, 0) is 17.8 Å². The molecule has 6 heteroatoms. The Morgan fingerprint density at radius 3 is 2.03 bits per heavy atom. The molecule has 0 spiro atoms. The number of ether oxygens (including phenoxy) is 3. The predicted molar refractivity (Wildman–Crippen MR) is 119 cm³/mol. The Labute approximate surface area is 179 Å². The summed E-state index contributed by atoms with van der Waals surface area (Å²) in [6.45, 7) is 2.84. The van der Waals surface area contributed by atoms with Crippen LogP contribution in [-0.4, -0.2) is 52.3 Å². The summed E-state index contributed by atoms with van der Waals surface area (Å²) in [5.74, 6) is 1.66. The molecular weight excluding hydrogens is 380 g/mol. The van der Waals surface area contributed by atoms with E-state index in [0.29, 0.717) is 23.8 Å².